The molecule has 1 aliphatic heterocycles. The first-order valence-corrected chi connectivity index (χ1v) is 12.6. The zero-order valence-corrected chi connectivity index (χ0v) is 18.7. The van der Waals surface area contributed by atoms with Crippen LogP contribution in [0.25, 0.3) is 10.8 Å². The highest BCUT2D eigenvalue weighted by Crippen LogP contribution is 2.31. The second-order valence-electron chi connectivity index (χ2n) is 9.07. The topological polar surface area (TPSA) is 66.5 Å². The zero-order valence-electron chi connectivity index (χ0n) is 17.9. The molecular formula is C24H32N2O3S. The minimum atomic E-state index is -3.54. The van der Waals surface area contributed by atoms with E-state index in [0.717, 1.165) is 17.2 Å². The van der Waals surface area contributed by atoms with Crippen LogP contribution in [-0.4, -0.2) is 37.8 Å². The van der Waals surface area contributed by atoms with Crippen LogP contribution in [0.15, 0.2) is 47.4 Å². The Labute approximate surface area is 179 Å². The van der Waals surface area contributed by atoms with E-state index in [9.17, 15) is 13.2 Å². The van der Waals surface area contributed by atoms with Gasteiger partial charge in [-0.3, -0.25) is 4.79 Å². The summed E-state index contributed by atoms with van der Waals surface area (Å²) in [4.78, 5) is 13.1. The summed E-state index contributed by atoms with van der Waals surface area (Å²) in [6.45, 7) is 5.28. The van der Waals surface area contributed by atoms with E-state index in [1.54, 1.807) is 12.1 Å². The minimum Gasteiger partial charge on any atom is -0.353 e. The number of amides is 1. The zero-order chi connectivity index (χ0) is 21.3. The summed E-state index contributed by atoms with van der Waals surface area (Å²) in [5, 5.41) is 5.21. The van der Waals surface area contributed by atoms with E-state index in [0.29, 0.717) is 42.7 Å². The molecule has 2 aromatic carbocycles. The average Bonchev–Trinajstić information content (AvgIpc) is 2.76. The first kappa shape index (κ1) is 21.3. The van der Waals surface area contributed by atoms with Crippen LogP contribution in [0, 0.1) is 17.8 Å². The Hall–Kier alpha value is -1.92. The van der Waals surface area contributed by atoms with Crippen LogP contribution in [0.3, 0.4) is 0 Å². The number of sulfonamides is 1. The van der Waals surface area contributed by atoms with Gasteiger partial charge in [-0.25, -0.2) is 8.42 Å². The number of rotatable bonds is 4. The van der Waals surface area contributed by atoms with Crippen LogP contribution in [-0.2, 0) is 14.8 Å². The Morgan fingerprint density at radius 2 is 1.67 bits per heavy atom. The van der Waals surface area contributed by atoms with Gasteiger partial charge in [-0.1, -0.05) is 57.0 Å². The van der Waals surface area contributed by atoms with Gasteiger partial charge >= 0.3 is 0 Å². The summed E-state index contributed by atoms with van der Waals surface area (Å²) in [5.41, 5.74) is 0. The summed E-state index contributed by atoms with van der Waals surface area (Å²) in [7, 11) is -3.54. The molecule has 0 radical (unpaired) electrons. The third kappa shape index (κ3) is 4.26. The van der Waals surface area contributed by atoms with Gasteiger partial charge in [0.2, 0.25) is 15.9 Å². The molecule has 6 heteroatoms. The van der Waals surface area contributed by atoms with Crippen LogP contribution in [0.5, 0.6) is 0 Å². The summed E-state index contributed by atoms with van der Waals surface area (Å²) >= 11 is 0. The smallest absolute Gasteiger partial charge is 0.243 e. The molecular weight excluding hydrogens is 396 g/mol. The first-order valence-electron chi connectivity index (χ1n) is 11.2. The predicted molar refractivity (Wildman–Crippen MR) is 120 cm³/mol. The number of hydrogen-bond donors (Lipinski definition) is 1. The van der Waals surface area contributed by atoms with Crippen molar-refractivity contribution in [3.63, 3.8) is 0 Å². The summed E-state index contributed by atoms with van der Waals surface area (Å²) in [6.07, 6.45) is 4.61. The van der Waals surface area contributed by atoms with Crippen molar-refractivity contribution in [2.75, 3.05) is 13.1 Å². The van der Waals surface area contributed by atoms with Gasteiger partial charge in [0.25, 0.3) is 0 Å². The van der Waals surface area contributed by atoms with E-state index in [2.05, 4.69) is 19.2 Å². The second kappa shape index (κ2) is 8.67. The average molecular weight is 429 g/mol. The second-order valence-corrected chi connectivity index (χ2v) is 11.0. The summed E-state index contributed by atoms with van der Waals surface area (Å²) < 4.78 is 27.8. The largest absolute Gasteiger partial charge is 0.353 e. The molecule has 5 nitrogen and oxygen atoms in total. The van der Waals surface area contributed by atoms with Crippen molar-refractivity contribution in [2.24, 2.45) is 17.8 Å². The van der Waals surface area contributed by atoms with Crippen LogP contribution < -0.4 is 5.32 Å². The third-order valence-electron chi connectivity index (χ3n) is 7.22. The Morgan fingerprint density at radius 1 is 0.967 bits per heavy atom. The number of nitrogens with one attached hydrogen (secondary N) is 1. The van der Waals surface area contributed by atoms with Crippen molar-refractivity contribution < 1.29 is 13.2 Å². The maximum absolute atomic E-state index is 13.1. The molecule has 30 heavy (non-hydrogen) atoms. The van der Waals surface area contributed by atoms with Crippen molar-refractivity contribution in [1.29, 1.82) is 0 Å². The lowest BCUT2D eigenvalue weighted by Crippen LogP contribution is -2.48. The fraction of sp³-hybridized carbons (Fsp3) is 0.542. The van der Waals surface area contributed by atoms with E-state index in [-0.39, 0.29) is 17.9 Å². The minimum absolute atomic E-state index is 0.0995. The molecule has 2 fully saturated rings. The Balaban J connectivity index is 1.39. The predicted octanol–water partition coefficient (Wildman–Crippen LogP) is 4.18. The summed E-state index contributed by atoms with van der Waals surface area (Å²) in [6, 6.07) is 13.3. The Bertz CT molecular complexity index is 1010. The summed E-state index contributed by atoms with van der Waals surface area (Å²) in [5.74, 6) is 1.13. The van der Waals surface area contributed by atoms with Crippen LogP contribution >= 0.6 is 0 Å². The van der Waals surface area contributed by atoms with Crippen molar-refractivity contribution in [2.45, 2.75) is 56.9 Å². The van der Waals surface area contributed by atoms with E-state index in [4.69, 9.17) is 0 Å². The lowest BCUT2D eigenvalue weighted by molar-refractivity contribution is -0.127. The van der Waals surface area contributed by atoms with Crippen molar-refractivity contribution >= 4 is 26.7 Å². The SMILES string of the molecule is C[C@@H]1[C@@H](C)CCC[C@H]1NC(=O)C1CCN(S(=O)(=O)c2ccc3ccccc3c2)CC1. The van der Waals surface area contributed by atoms with E-state index >= 15 is 0 Å². The monoisotopic (exact) mass is 428 g/mol. The van der Waals surface area contributed by atoms with E-state index < -0.39 is 10.0 Å². The highest BCUT2D eigenvalue weighted by molar-refractivity contribution is 7.89. The molecule has 0 unspecified atom stereocenters. The molecule has 1 saturated heterocycles. The molecule has 0 aromatic heterocycles. The standard InChI is InChI=1S/C24H32N2O3S/c1-17-6-5-9-23(18(17)2)25-24(27)20-12-14-26(15-13-20)30(28,29)22-11-10-19-7-3-4-8-21(19)16-22/h3-4,7-8,10-11,16-18,20,23H,5-6,9,12-15H2,1-2H3,(H,25,27)/t17-,18+,23+/m0/s1. The van der Waals surface area contributed by atoms with Gasteiger partial charge in [-0.2, -0.15) is 4.31 Å². The van der Waals surface area contributed by atoms with Gasteiger partial charge < -0.3 is 5.32 Å². The van der Waals surface area contributed by atoms with Gasteiger partial charge in [-0.05, 0) is 54.0 Å². The highest BCUT2D eigenvalue weighted by Gasteiger charge is 2.34. The number of benzene rings is 2. The molecule has 2 aromatic rings. The lowest BCUT2D eigenvalue weighted by Gasteiger charge is -2.36. The van der Waals surface area contributed by atoms with E-state index in [1.807, 2.05) is 30.3 Å². The molecule has 1 aliphatic carbocycles. The molecule has 2 aliphatic rings. The maximum Gasteiger partial charge on any atom is 0.243 e. The number of fused-ring (bicyclic) bond motifs is 1. The number of hydrogen-bond acceptors (Lipinski definition) is 3. The normalized spacial score (nSPS) is 26.5. The fourth-order valence-electron chi connectivity index (χ4n) is 4.92. The van der Waals surface area contributed by atoms with Crippen LogP contribution in [0.1, 0.15) is 46.0 Å². The number of nitrogens with zero attached hydrogens (tertiary/aromatic N) is 1. The van der Waals surface area contributed by atoms with Gasteiger partial charge in [0.1, 0.15) is 0 Å². The van der Waals surface area contributed by atoms with Crippen molar-refractivity contribution in [3.05, 3.63) is 42.5 Å². The quantitative estimate of drug-likeness (QED) is 0.794. The molecule has 3 atom stereocenters. The molecule has 162 valence electrons. The molecule has 4 rings (SSSR count). The van der Waals surface area contributed by atoms with Crippen LogP contribution in [0.2, 0.25) is 0 Å². The Morgan fingerprint density at radius 3 is 2.40 bits per heavy atom. The molecule has 1 saturated carbocycles. The van der Waals surface area contributed by atoms with Gasteiger partial charge in [0, 0.05) is 25.0 Å². The molecule has 0 bridgehead atoms. The van der Waals surface area contributed by atoms with Crippen molar-refractivity contribution in [3.8, 4) is 0 Å². The number of carbonyl (C=O) groups is 1. The number of piperidine rings is 1. The van der Waals surface area contributed by atoms with Gasteiger partial charge in [0.15, 0.2) is 0 Å². The third-order valence-corrected chi connectivity index (χ3v) is 9.11. The maximum atomic E-state index is 13.1. The highest BCUT2D eigenvalue weighted by atomic mass is 32.2. The molecule has 1 amide bonds. The lowest BCUT2D eigenvalue weighted by atomic mass is 9.78. The molecule has 1 N–H and O–H groups in total. The first-order chi connectivity index (χ1) is 14.4. The fourth-order valence-corrected chi connectivity index (χ4v) is 6.43. The van der Waals surface area contributed by atoms with Gasteiger partial charge in [0.05, 0.1) is 4.90 Å². The number of carbonyl (C=O) groups excluding carboxylic acids is 1. The van der Waals surface area contributed by atoms with E-state index in [1.165, 1.54) is 17.1 Å². The Kier molecular flexibility index (Phi) is 6.16. The van der Waals surface area contributed by atoms with Crippen molar-refractivity contribution in [1.82, 2.24) is 9.62 Å². The molecule has 1 heterocycles. The molecule has 0 spiro atoms. The van der Waals surface area contributed by atoms with Crippen LogP contribution in [0.4, 0.5) is 0 Å². The van der Waals surface area contributed by atoms with Gasteiger partial charge in [-0.15, -0.1) is 0 Å².